The number of rotatable bonds is 4. The summed E-state index contributed by atoms with van der Waals surface area (Å²) in [6.07, 6.45) is 3.96. The third-order valence-corrected chi connectivity index (χ3v) is 4.57. The van der Waals surface area contributed by atoms with Crippen LogP contribution in [0, 0.1) is 0 Å². The zero-order valence-electron chi connectivity index (χ0n) is 12.8. The van der Waals surface area contributed by atoms with E-state index in [0.29, 0.717) is 6.54 Å². The van der Waals surface area contributed by atoms with Crippen molar-refractivity contribution in [1.29, 1.82) is 0 Å². The second kappa shape index (κ2) is 6.58. The van der Waals surface area contributed by atoms with Gasteiger partial charge in [0.2, 0.25) is 5.91 Å². The lowest BCUT2D eigenvalue weighted by molar-refractivity contribution is -0.130. The van der Waals surface area contributed by atoms with Crippen LogP contribution in [0.15, 0.2) is 30.3 Å². The third-order valence-electron chi connectivity index (χ3n) is 4.57. The van der Waals surface area contributed by atoms with E-state index in [1.807, 2.05) is 23.1 Å². The molecule has 0 aromatic heterocycles. The van der Waals surface area contributed by atoms with Gasteiger partial charge in [-0.05, 0) is 38.4 Å². The molecule has 0 aliphatic carbocycles. The first kappa shape index (κ1) is 14.5. The van der Waals surface area contributed by atoms with Gasteiger partial charge < -0.3 is 9.80 Å². The number of nitrogens with zero attached hydrogens (tertiary/aromatic N) is 2. The number of carbonyl (C=O) groups excluding carboxylic acids is 1. The van der Waals surface area contributed by atoms with Crippen molar-refractivity contribution in [2.45, 2.75) is 38.4 Å². The van der Waals surface area contributed by atoms with E-state index in [1.165, 1.54) is 37.9 Å². The number of likely N-dealkylation sites (tertiary alicyclic amines) is 1. The van der Waals surface area contributed by atoms with E-state index >= 15 is 0 Å². The highest BCUT2D eigenvalue weighted by Crippen LogP contribution is 2.25. The van der Waals surface area contributed by atoms with E-state index in [-0.39, 0.29) is 18.1 Å². The van der Waals surface area contributed by atoms with Crippen LogP contribution in [0.2, 0.25) is 0 Å². The minimum atomic E-state index is 0.0264. The summed E-state index contributed by atoms with van der Waals surface area (Å²) in [5, 5.41) is 3.35. The molecular weight excluding hydrogens is 262 g/mol. The smallest absolute Gasteiger partial charge is 0.238 e. The first-order valence-corrected chi connectivity index (χ1v) is 8.07. The van der Waals surface area contributed by atoms with E-state index in [1.54, 1.807) is 0 Å². The molecule has 0 saturated carbocycles. The Bertz CT molecular complexity index is 470. The fourth-order valence-electron chi connectivity index (χ4n) is 3.54. The van der Waals surface area contributed by atoms with Crippen molar-refractivity contribution in [2.75, 3.05) is 26.2 Å². The predicted molar refractivity (Wildman–Crippen MR) is 83.8 cm³/mol. The molecule has 2 unspecified atom stereocenters. The van der Waals surface area contributed by atoms with Gasteiger partial charge in [0, 0.05) is 12.6 Å². The number of benzene rings is 1. The molecule has 0 spiro atoms. The fraction of sp³-hybridized carbons (Fsp3) is 0.588. The maximum atomic E-state index is 12.3. The monoisotopic (exact) mass is 287 g/mol. The largest absolute Gasteiger partial charge is 0.318 e. The highest BCUT2D eigenvalue weighted by molar-refractivity contribution is 5.81. The predicted octanol–water partition coefficient (Wildman–Crippen LogP) is 1.99. The van der Waals surface area contributed by atoms with E-state index in [2.05, 4.69) is 29.3 Å². The fourth-order valence-corrected chi connectivity index (χ4v) is 3.54. The van der Waals surface area contributed by atoms with Crippen LogP contribution in [0.25, 0.3) is 0 Å². The van der Waals surface area contributed by atoms with Crippen LogP contribution in [0.4, 0.5) is 0 Å². The summed E-state index contributed by atoms with van der Waals surface area (Å²) in [6.45, 7) is 5.96. The van der Waals surface area contributed by atoms with Crippen LogP contribution >= 0.6 is 0 Å². The van der Waals surface area contributed by atoms with Gasteiger partial charge >= 0.3 is 0 Å². The van der Waals surface area contributed by atoms with Crippen molar-refractivity contribution in [2.24, 2.45) is 0 Å². The number of amides is 1. The van der Waals surface area contributed by atoms with Crippen LogP contribution in [-0.2, 0) is 4.79 Å². The Kier molecular flexibility index (Phi) is 4.56. The molecular formula is C17H25N3O. The molecule has 4 heteroatoms. The van der Waals surface area contributed by atoms with Gasteiger partial charge in [0.05, 0.1) is 6.54 Å². The Morgan fingerprint density at radius 2 is 1.90 bits per heavy atom. The highest BCUT2D eigenvalue weighted by Gasteiger charge is 2.35. The molecule has 2 saturated heterocycles. The summed E-state index contributed by atoms with van der Waals surface area (Å²) in [7, 11) is 0. The maximum absolute atomic E-state index is 12.3. The van der Waals surface area contributed by atoms with Gasteiger partial charge in [-0.15, -0.1) is 0 Å². The van der Waals surface area contributed by atoms with Crippen molar-refractivity contribution >= 4 is 5.91 Å². The number of hydrogen-bond donors (Lipinski definition) is 1. The van der Waals surface area contributed by atoms with E-state index in [0.717, 1.165) is 6.54 Å². The van der Waals surface area contributed by atoms with Crippen LogP contribution in [0.3, 0.4) is 0 Å². The minimum Gasteiger partial charge on any atom is -0.318 e. The van der Waals surface area contributed by atoms with Crippen LogP contribution < -0.4 is 5.32 Å². The van der Waals surface area contributed by atoms with Gasteiger partial charge in [-0.2, -0.15) is 0 Å². The Hall–Kier alpha value is -1.39. The molecule has 1 amide bonds. The molecule has 3 rings (SSSR count). The van der Waals surface area contributed by atoms with Crippen LogP contribution in [0.1, 0.15) is 37.9 Å². The standard InChI is InChI=1S/C17H25N3O/c1-14(13-19-10-6-3-7-11-19)20-16(21)12-18-17(20)15-8-4-2-5-9-15/h2,4-5,8-9,14,17-18H,3,6-7,10-13H2,1H3. The maximum Gasteiger partial charge on any atom is 0.238 e. The summed E-state index contributed by atoms with van der Waals surface area (Å²) < 4.78 is 0. The van der Waals surface area contributed by atoms with Gasteiger partial charge in [-0.3, -0.25) is 10.1 Å². The van der Waals surface area contributed by atoms with Crippen molar-refractivity contribution < 1.29 is 4.79 Å². The summed E-state index contributed by atoms with van der Waals surface area (Å²) in [6, 6.07) is 10.5. The average molecular weight is 287 g/mol. The molecule has 2 aliphatic heterocycles. The molecule has 1 aromatic carbocycles. The molecule has 2 fully saturated rings. The van der Waals surface area contributed by atoms with E-state index in [9.17, 15) is 4.79 Å². The van der Waals surface area contributed by atoms with Crippen molar-refractivity contribution in [3.63, 3.8) is 0 Å². The minimum absolute atomic E-state index is 0.0264. The van der Waals surface area contributed by atoms with E-state index in [4.69, 9.17) is 0 Å². The van der Waals surface area contributed by atoms with Gasteiger partial charge in [0.15, 0.2) is 0 Å². The molecule has 114 valence electrons. The molecule has 2 heterocycles. The van der Waals surface area contributed by atoms with Crippen molar-refractivity contribution in [1.82, 2.24) is 15.1 Å². The van der Waals surface area contributed by atoms with E-state index < -0.39 is 0 Å². The second-order valence-corrected chi connectivity index (χ2v) is 6.21. The van der Waals surface area contributed by atoms with Gasteiger partial charge in [0.25, 0.3) is 0 Å². The molecule has 2 atom stereocenters. The Morgan fingerprint density at radius 1 is 1.19 bits per heavy atom. The van der Waals surface area contributed by atoms with Gasteiger partial charge in [-0.1, -0.05) is 36.8 Å². The second-order valence-electron chi connectivity index (χ2n) is 6.21. The number of carbonyl (C=O) groups is 1. The Balaban J connectivity index is 1.69. The first-order chi connectivity index (χ1) is 10.3. The normalized spacial score (nSPS) is 25.3. The SMILES string of the molecule is CC(CN1CCCCC1)N1C(=O)CNC1c1ccccc1. The first-order valence-electron chi connectivity index (χ1n) is 8.07. The third kappa shape index (κ3) is 3.27. The van der Waals surface area contributed by atoms with Gasteiger partial charge in [-0.25, -0.2) is 0 Å². The molecule has 1 N–H and O–H groups in total. The van der Waals surface area contributed by atoms with Crippen LogP contribution in [-0.4, -0.2) is 47.9 Å². The zero-order valence-corrected chi connectivity index (χ0v) is 12.8. The van der Waals surface area contributed by atoms with Gasteiger partial charge in [0.1, 0.15) is 6.17 Å². The molecule has 21 heavy (non-hydrogen) atoms. The molecule has 0 bridgehead atoms. The topological polar surface area (TPSA) is 35.6 Å². The lowest BCUT2D eigenvalue weighted by atomic mass is 10.1. The van der Waals surface area contributed by atoms with Crippen molar-refractivity contribution in [3.05, 3.63) is 35.9 Å². The molecule has 2 aliphatic rings. The summed E-state index contributed by atoms with van der Waals surface area (Å²) in [4.78, 5) is 16.8. The summed E-state index contributed by atoms with van der Waals surface area (Å²) in [5.41, 5.74) is 1.17. The Morgan fingerprint density at radius 3 is 2.62 bits per heavy atom. The molecule has 0 radical (unpaired) electrons. The lowest BCUT2D eigenvalue weighted by Gasteiger charge is -2.35. The zero-order chi connectivity index (χ0) is 14.7. The number of hydrogen-bond acceptors (Lipinski definition) is 3. The number of nitrogens with one attached hydrogen (secondary N) is 1. The Labute approximate surface area is 127 Å². The molecule has 1 aromatic rings. The highest BCUT2D eigenvalue weighted by atomic mass is 16.2. The summed E-state index contributed by atoms with van der Waals surface area (Å²) in [5.74, 6) is 0.216. The van der Waals surface area contributed by atoms with Crippen molar-refractivity contribution in [3.8, 4) is 0 Å². The number of piperidine rings is 1. The molecule has 4 nitrogen and oxygen atoms in total. The summed E-state index contributed by atoms with van der Waals surface area (Å²) >= 11 is 0. The quantitative estimate of drug-likeness (QED) is 0.920. The van der Waals surface area contributed by atoms with Crippen LogP contribution in [0.5, 0.6) is 0 Å². The average Bonchev–Trinajstić information content (AvgIpc) is 2.91. The lowest BCUT2D eigenvalue weighted by Crippen LogP contribution is -2.46.